The zero-order valence-corrected chi connectivity index (χ0v) is 9.48. The lowest BCUT2D eigenvalue weighted by atomic mass is 10.2. The van der Waals surface area contributed by atoms with Gasteiger partial charge in [-0.25, -0.2) is 9.53 Å². The Morgan fingerprint density at radius 3 is 2.93 bits per heavy atom. The number of rotatable bonds is 2. The predicted molar refractivity (Wildman–Crippen MR) is 62.5 cm³/mol. The van der Waals surface area contributed by atoms with Crippen molar-refractivity contribution in [1.29, 1.82) is 0 Å². The third-order valence-corrected chi connectivity index (χ3v) is 2.70. The number of nitrogens with zero attached hydrogens (tertiary/aromatic N) is 3. The summed E-state index contributed by atoms with van der Waals surface area (Å²) in [4.78, 5) is 3.45. The van der Waals surface area contributed by atoms with E-state index >= 15 is 0 Å². The van der Waals surface area contributed by atoms with Gasteiger partial charge in [0.05, 0.1) is 12.3 Å². The molecule has 0 atom stereocenters. The van der Waals surface area contributed by atoms with Gasteiger partial charge in [-0.05, 0) is 23.8 Å². The molecule has 0 spiro atoms. The minimum atomic E-state index is 0.680. The quantitative estimate of drug-likeness (QED) is 0.601. The third kappa shape index (κ3) is 1.92. The second-order valence-electron chi connectivity index (χ2n) is 3.01. The van der Waals surface area contributed by atoms with E-state index < -0.39 is 0 Å². The standard InChI is InChI=1S/C11H8BrN3/c1-13-11-4-3-10(7-9(11)8-12)15-6-2-5-14-15/h2-7H,8H2. The minimum Gasteiger partial charge on any atom is -0.241 e. The topological polar surface area (TPSA) is 22.2 Å². The minimum absolute atomic E-state index is 0.680. The van der Waals surface area contributed by atoms with Crippen LogP contribution in [0.2, 0.25) is 0 Å². The molecule has 3 nitrogen and oxygen atoms in total. The maximum absolute atomic E-state index is 7.01. The highest BCUT2D eigenvalue weighted by molar-refractivity contribution is 9.08. The maximum Gasteiger partial charge on any atom is 0.191 e. The van der Waals surface area contributed by atoms with Gasteiger partial charge in [-0.3, -0.25) is 0 Å². The van der Waals surface area contributed by atoms with E-state index in [2.05, 4.69) is 25.9 Å². The highest BCUT2D eigenvalue weighted by Crippen LogP contribution is 2.24. The van der Waals surface area contributed by atoms with E-state index in [4.69, 9.17) is 6.57 Å². The molecule has 0 saturated carbocycles. The summed E-state index contributed by atoms with van der Waals surface area (Å²) in [5.41, 5.74) is 2.64. The Morgan fingerprint density at radius 2 is 2.33 bits per heavy atom. The molecule has 0 aliphatic heterocycles. The number of aromatic nitrogens is 2. The van der Waals surface area contributed by atoms with Crippen LogP contribution in [0.15, 0.2) is 36.7 Å². The molecule has 0 fully saturated rings. The van der Waals surface area contributed by atoms with Crippen molar-refractivity contribution in [2.75, 3.05) is 0 Å². The zero-order valence-electron chi connectivity index (χ0n) is 7.89. The van der Waals surface area contributed by atoms with Gasteiger partial charge in [0.15, 0.2) is 5.69 Å². The first-order chi connectivity index (χ1) is 7.35. The highest BCUT2D eigenvalue weighted by atomic mass is 79.9. The van der Waals surface area contributed by atoms with Crippen molar-refractivity contribution in [3.8, 4) is 5.69 Å². The first-order valence-electron chi connectivity index (χ1n) is 4.41. The van der Waals surface area contributed by atoms with Crippen LogP contribution in [0.1, 0.15) is 5.56 Å². The van der Waals surface area contributed by atoms with E-state index in [0.717, 1.165) is 11.3 Å². The molecule has 4 heteroatoms. The molecular formula is C11H8BrN3. The lowest BCUT2D eigenvalue weighted by Gasteiger charge is -2.05. The van der Waals surface area contributed by atoms with E-state index in [1.54, 1.807) is 10.9 Å². The van der Waals surface area contributed by atoms with E-state index in [1.807, 2.05) is 30.5 Å². The second kappa shape index (κ2) is 4.28. The van der Waals surface area contributed by atoms with Gasteiger partial charge in [0, 0.05) is 17.7 Å². The Balaban J connectivity index is 2.49. The van der Waals surface area contributed by atoms with Crippen LogP contribution in [-0.4, -0.2) is 9.78 Å². The second-order valence-corrected chi connectivity index (χ2v) is 3.57. The first-order valence-corrected chi connectivity index (χ1v) is 5.53. The Kier molecular flexibility index (Phi) is 2.84. The fourth-order valence-corrected chi connectivity index (χ4v) is 1.80. The highest BCUT2D eigenvalue weighted by Gasteiger charge is 2.03. The van der Waals surface area contributed by atoms with Gasteiger partial charge in [-0.2, -0.15) is 5.10 Å². The molecule has 0 bridgehead atoms. The van der Waals surface area contributed by atoms with Crippen molar-refractivity contribution in [2.24, 2.45) is 0 Å². The summed E-state index contributed by atoms with van der Waals surface area (Å²) in [5.74, 6) is 0. The maximum atomic E-state index is 7.01. The summed E-state index contributed by atoms with van der Waals surface area (Å²) in [6, 6.07) is 7.55. The molecule has 0 amide bonds. The number of benzene rings is 1. The van der Waals surface area contributed by atoms with E-state index in [0.29, 0.717) is 11.0 Å². The number of halogens is 1. The average molecular weight is 262 g/mol. The molecule has 0 radical (unpaired) electrons. The summed E-state index contributed by atoms with van der Waals surface area (Å²) >= 11 is 3.37. The Bertz CT molecular complexity index is 497. The molecule has 15 heavy (non-hydrogen) atoms. The molecule has 1 heterocycles. The number of hydrogen-bond acceptors (Lipinski definition) is 1. The Labute approximate surface area is 96.3 Å². The van der Waals surface area contributed by atoms with Crippen LogP contribution in [0.3, 0.4) is 0 Å². The van der Waals surface area contributed by atoms with Crippen LogP contribution in [-0.2, 0) is 5.33 Å². The van der Waals surface area contributed by atoms with Crippen LogP contribution in [0.4, 0.5) is 5.69 Å². The summed E-state index contributed by atoms with van der Waals surface area (Å²) < 4.78 is 1.78. The van der Waals surface area contributed by atoms with Crippen LogP contribution in [0, 0.1) is 6.57 Å². The zero-order chi connectivity index (χ0) is 10.7. The van der Waals surface area contributed by atoms with Gasteiger partial charge in [0.25, 0.3) is 0 Å². The van der Waals surface area contributed by atoms with E-state index in [-0.39, 0.29) is 0 Å². The van der Waals surface area contributed by atoms with Gasteiger partial charge in [-0.15, -0.1) is 0 Å². The molecule has 74 valence electrons. The molecule has 2 aromatic rings. The van der Waals surface area contributed by atoms with Gasteiger partial charge in [-0.1, -0.05) is 22.0 Å². The SMILES string of the molecule is [C-]#[N+]c1ccc(-n2cccn2)cc1CBr. The van der Waals surface area contributed by atoms with Crippen molar-refractivity contribution in [2.45, 2.75) is 5.33 Å². The van der Waals surface area contributed by atoms with E-state index in [1.165, 1.54) is 0 Å². The molecule has 0 saturated heterocycles. The number of hydrogen-bond donors (Lipinski definition) is 0. The molecule has 2 rings (SSSR count). The number of alkyl halides is 1. The molecule has 0 N–H and O–H groups in total. The molecule has 1 aromatic carbocycles. The van der Waals surface area contributed by atoms with Crippen LogP contribution < -0.4 is 0 Å². The van der Waals surface area contributed by atoms with Crippen LogP contribution in [0.25, 0.3) is 10.5 Å². The van der Waals surface area contributed by atoms with Gasteiger partial charge in [0.2, 0.25) is 0 Å². The van der Waals surface area contributed by atoms with E-state index in [9.17, 15) is 0 Å². The molecule has 0 aliphatic carbocycles. The normalized spacial score (nSPS) is 9.87. The Morgan fingerprint density at radius 1 is 1.47 bits per heavy atom. The Hall–Kier alpha value is -1.60. The smallest absolute Gasteiger partial charge is 0.191 e. The predicted octanol–water partition coefficient (Wildman–Crippen LogP) is 3.32. The van der Waals surface area contributed by atoms with Gasteiger partial charge in [0.1, 0.15) is 0 Å². The van der Waals surface area contributed by atoms with Crippen molar-refractivity contribution < 1.29 is 0 Å². The summed E-state index contributed by atoms with van der Waals surface area (Å²) in [6.45, 7) is 7.01. The summed E-state index contributed by atoms with van der Waals surface area (Å²) in [5, 5.41) is 4.82. The first kappa shape index (κ1) is 9.94. The molecule has 1 aromatic heterocycles. The molecule has 0 unspecified atom stereocenters. The largest absolute Gasteiger partial charge is 0.241 e. The van der Waals surface area contributed by atoms with Crippen molar-refractivity contribution in [1.82, 2.24) is 9.78 Å². The lowest BCUT2D eigenvalue weighted by molar-refractivity contribution is 0.879. The summed E-state index contributed by atoms with van der Waals surface area (Å²) in [6.07, 6.45) is 3.61. The van der Waals surface area contributed by atoms with Crippen molar-refractivity contribution in [3.63, 3.8) is 0 Å². The monoisotopic (exact) mass is 261 g/mol. The van der Waals surface area contributed by atoms with Crippen LogP contribution >= 0.6 is 15.9 Å². The van der Waals surface area contributed by atoms with Gasteiger partial charge >= 0.3 is 0 Å². The van der Waals surface area contributed by atoms with Crippen molar-refractivity contribution in [3.05, 3.63) is 53.6 Å². The summed E-state index contributed by atoms with van der Waals surface area (Å²) in [7, 11) is 0. The molecule has 0 aliphatic rings. The average Bonchev–Trinajstić information content (AvgIpc) is 2.81. The third-order valence-electron chi connectivity index (χ3n) is 2.10. The lowest BCUT2D eigenvalue weighted by Crippen LogP contribution is -1.94. The fourth-order valence-electron chi connectivity index (χ4n) is 1.35. The fraction of sp³-hybridized carbons (Fsp3) is 0.0909. The van der Waals surface area contributed by atoms with Gasteiger partial charge < -0.3 is 0 Å². The van der Waals surface area contributed by atoms with Crippen LogP contribution in [0.5, 0.6) is 0 Å². The van der Waals surface area contributed by atoms with Crippen molar-refractivity contribution >= 4 is 21.6 Å². The molecular weight excluding hydrogens is 254 g/mol.